The lowest BCUT2D eigenvalue weighted by atomic mass is 9.96. The number of likely N-dealkylation sites (tertiary alicyclic amines) is 1. The van der Waals surface area contributed by atoms with Crippen molar-refractivity contribution < 1.29 is 27.4 Å². The number of alkyl halides is 3. The first-order chi connectivity index (χ1) is 11.4. The maximum atomic E-state index is 12.6. The number of carbonyl (C=O) groups is 1. The number of rotatable bonds is 4. The van der Waals surface area contributed by atoms with Crippen LogP contribution in [0.3, 0.4) is 0 Å². The molecule has 5 nitrogen and oxygen atoms in total. The number of nitrogens with one attached hydrogen (secondary N) is 1. The molecule has 2 aliphatic heterocycles. The molecule has 0 saturated carbocycles. The molecule has 132 valence electrons. The lowest BCUT2D eigenvalue weighted by Crippen LogP contribution is -2.43. The summed E-state index contributed by atoms with van der Waals surface area (Å²) < 4.78 is 48.5. The van der Waals surface area contributed by atoms with Gasteiger partial charge in [-0.3, -0.25) is 9.69 Å². The molecule has 0 aromatic heterocycles. The summed E-state index contributed by atoms with van der Waals surface area (Å²) >= 11 is 0. The molecule has 1 aromatic carbocycles. The molecule has 0 unspecified atom stereocenters. The minimum absolute atomic E-state index is 0.0498. The molecule has 1 saturated heterocycles. The maximum Gasteiger partial charge on any atom is 0.391 e. The standard InChI is InChI=1S/C16H19F3N2O3/c17-16(18,19)12-4-6-21(7-5-12)9-14(22)20-8-11-2-1-3-13-15(11)24-10-23-13/h1-3,12H,4-10H2,(H,20,22). The molecule has 0 radical (unpaired) electrons. The molecule has 2 heterocycles. The minimum Gasteiger partial charge on any atom is -0.454 e. The van der Waals surface area contributed by atoms with E-state index in [-0.39, 0.29) is 45.2 Å². The van der Waals surface area contributed by atoms with E-state index in [2.05, 4.69) is 5.32 Å². The fourth-order valence-electron chi connectivity index (χ4n) is 3.00. The van der Waals surface area contributed by atoms with Crippen LogP contribution in [0.2, 0.25) is 0 Å². The van der Waals surface area contributed by atoms with Crippen molar-refractivity contribution in [2.24, 2.45) is 5.92 Å². The number of ether oxygens (including phenoxy) is 2. The van der Waals surface area contributed by atoms with Crippen LogP contribution in [0.5, 0.6) is 11.5 Å². The Morgan fingerprint density at radius 3 is 2.71 bits per heavy atom. The van der Waals surface area contributed by atoms with Crippen LogP contribution in [0, 0.1) is 5.92 Å². The molecule has 8 heteroatoms. The Labute approximate surface area is 137 Å². The molecule has 1 N–H and O–H groups in total. The Bertz CT molecular complexity index is 599. The number of hydrogen-bond donors (Lipinski definition) is 1. The van der Waals surface area contributed by atoms with Crippen molar-refractivity contribution in [2.75, 3.05) is 26.4 Å². The second-order valence-electron chi connectivity index (χ2n) is 6.02. The number of fused-ring (bicyclic) bond motifs is 1. The number of amides is 1. The van der Waals surface area contributed by atoms with Crippen molar-refractivity contribution in [3.05, 3.63) is 23.8 Å². The molecule has 0 bridgehead atoms. The third kappa shape index (κ3) is 3.92. The molecule has 24 heavy (non-hydrogen) atoms. The summed E-state index contributed by atoms with van der Waals surface area (Å²) in [6.45, 7) is 1.14. The summed E-state index contributed by atoms with van der Waals surface area (Å²) in [4.78, 5) is 13.8. The van der Waals surface area contributed by atoms with Crippen LogP contribution in [0.1, 0.15) is 18.4 Å². The van der Waals surface area contributed by atoms with E-state index in [0.29, 0.717) is 18.0 Å². The third-order valence-corrected chi connectivity index (χ3v) is 4.37. The molecule has 1 fully saturated rings. The largest absolute Gasteiger partial charge is 0.454 e. The van der Waals surface area contributed by atoms with E-state index in [1.165, 1.54) is 0 Å². The summed E-state index contributed by atoms with van der Waals surface area (Å²) in [6, 6.07) is 5.44. The zero-order valence-electron chi connectivity index (χ0n) is 13.1. The van der Waals surface area contributed by atoms with E-state index in [4.69, 9.17) is 9.47 Å². The van der Waals surface area contributed by atoms with Crippen LogP contribution in [-0.2, 0) is 11.3 Å². The van der Waals surface area contributed by atoms with Crippen LogP contribution in [0.4, 0.5) is 13.2 Å². The molecule has 0 atom stereocenters. The topological polar surface area (TPSA) is 50.8 Å². The van der Waals surface area contributed by atoms with Gasteiger partial charge in [0.15, 0.2) is 11.5 Å². The second-order valence-corrected chi connectivity index (χ2v) is 6.02. The number of hydrogen-bond acceptors (Lipinski definition) is 4. The summed E-state index contributed by atoms with van der Waals surface area (Å²) in [5.74, 6) is -0.183. The normalized spacial score (nSPS) is 18.6. The summed E-state index contributed by atoms with van der Waals surface area (Å²) in [6.07, 6.45) is -4.04. The number of carbonyl (C=O) groups excluding carboxylic acids is 1. The number of nitrogens with zero attached hydrogens (tertiary/aromatic N) is 1. The van der Waals surface area contributed by atoms with Crippen LogP contribution in [-0.4, -0.2) is 43.4 Å². The van der Waals surface area contributed by atoms with Gasteiger partial charge >= 0.3 is 6.18 Å². The van der Waals surface area contributed by atoms with Gasteiger partial charge in [-0.05, 0) is 32.0 Å². The van der Waals surface area contributed by atoms with Gasteiger partial charge < -0.3 is 14.8 Å². The number of piperidine rings is 1. The van der Waals surface area contributed by atoms with Crippen molar-refractivity contribution in [3.63, 3.8) is 0 Å². The van der Waals surface area contributed by atoms with E-state index in [1.807, 2.05) is 12.1 Å². The summed E-state index contributed by atoms with van der Waals surface area (Å²) in [5, 5.41) is 2.78. The average Bonchev–Trinajstić information content (AvgIpc) is 3.01. The molecule has 1 aromatic rings. The van der Waals surface area contributed by atoms with E-state index in [1.54, 1.807) is 11.0 Å². The highest BCUT2D eigenvalue weighted by Crippen LogP contribution is 2.35. The molecule has 0 aliphatic carbocycles. The van der Waals surface area contributed by atoms with Crippen LogP contribution >= 0.6 is 0 Å². The van der Waals surface area contributed by atoms with Gasteiger partial charge in [-0.1, -0.05) is 12.1 Å². The lowest BCUT2D eigenvalue weighted by Gasteiger charge is -2.32. The predicted molar refractivity (Wildman–Crippen MR) is 79.6 cm³/mol. The summed E-state index contributed by atoms with van der Waals surface area (Å²) in [5.41, 5.74) is 0.814. The predicted octanol–water partition coefficient (Wildman–Crippen LogP) is 2.31. The zero-order valence-corrected chi connectivity index (χ0v) is 13.1. The van der Waals surface area contributed by atoms with Crippen LogP contribution in [0.15, 0.2) is 18.2 Å². The molecular formula is C16H19F3N2O3. The van der Waals surface area contributed by atoms with Gasteiger partial charge in [-0.25, -0.2) is 0 Å². The number of para-hydroxylation sites is 1. The fourth-order valence-corrected chi connectivity index (χ4v) is 3.00. The minimum atomic E-state index is -4.13. The van der Waals surface area contributed by atoms with Crippen LogP contribution < -0.4 is 14.8 Å². The van der Waals surface area contributed by atoms with E-state index >= 15 is 0 Å². The maximum absolute atomic E-state index is 12.6. The Hall–Kier alpha value is -1.96. The Morgan fingerprint density at radius 2 is 2.00 bits per heavy atom. The second kappa shape index (κ2) is 6.88. The Kier molecular flexibility index (Phi) is 4.84. The van der Waals surface area contributed by atoms with Crippen molar-refractivity contribution >= 4 is 5.91 Å². The number of halogens is 3. The SMILES string of the molecule is O=C(CN1CCC(C(F)(F)F)CC1)NCc1cccc2c1OCO2. The van der Waals surface area contributed by atoms with E-state index in [9.17, 15) is 18.0 Å². The van der Waals surface area contributed by atoms with Gasteiger partial charge in [0, 0.05) is 12.1 Å². The molecular weight excluding hydrogens is 325 g/mol. The van der Waals surface area contributed by atoms with Gasteiger partial charge in [0.25, 0.3) is 0 Å². The first-order valence-electron chi connectivity index (χ1n) is 7.87. The lowest BCUT2D eigenvalue weighted by molar-refractivity contribution is -0.185. The molecule has 0 spiro atoms. The van der Waals surface area contributed by atoms with Gasteiger partial charge in [0.1, 0.15) is 0 Å². The molecule has 2 aliphatic rings. The van der Waals surface area contributed by atoms with Crippen LogP contribution in [0.25, 0.3) is 0 Å². The fraction of sp³-hybridized carbons (Fsp3) is 0.562. The third-order valence-electron chi connectivity index (χ3n) is 4.37. The van der Waals surface area contributed by atoms with Gasteiger partial charge in [0.05, 0.1) is 12.5 Å². The Balaban J connectivity index is 1.45. The van der Waals surface area contributed by atoms with Crippen molar-refractivity contribution in [1.29, 1.82) is 0 Å². The average molecular weight is 344 g/mol. The van der Waals surface area contributed by atoms with Gasteiger partial charge in [-0.2, -0.15) is 13.2 Å². The first-order valence-corrected chi connectivity index (χ1v) is 7.87. The van der Waals surface area contributed by atoms with Gasteiger partial charge in [-0.15, -0.1) is 0 Å². The molecule has 1 amide bonds. The van der Waals surface area contributed by atoms with Crippen molar-refractivity contribution in [3.8, 4) is 11.5 Å². The highest BCUT2D eigenvalue weighted by Gasteiger charge is 2.41. The number of benzene rings is 1. The highest BCUT2D eigenvalue weighted by atomic mass is 19.4. The quantitative estimate of drug-likeness (QED) is 0.911. The Morgan fingerprint density at radius 1 is 1.25 bits per heavy atom. The van der Waals surface area contributed by atoms with E-state index < -0.39 is 12.1 Å². The highest BCUT2D eigenvalue weighted by molar-refractivity contribution is 5.78. The monoisotopic (exact) mass is 344 g/mol. The van der Waals surface area contributed by atoms with E-state index in [0.717, 1.165) is 5.56 Å². The summed E-state index contributed by atoms with van der Waals surface area (Å²) in [7, 11) is 0. The molecule has 3 rings (SSSR count). The zero-order chi connectivity index (χ0) is 17.2. The van der Waals surface area contributed by atoms with Crippen molar-refractivity contribution in [1.82, 2.24) is 10.2 Å². The van der Waals surface area contributed by atoms with Crippen molar-refractivity contribution in [2.45, 2.75) is 25.6 Å². The smallest absolute Gasteiger partial charge is 0.391 e. The first kappa shape index (κ1) is 16.9. The van der Waals surface area contributed by atoms with Gasteiger partial charge in [0.2, 0.25) is 12.7 Å².